The Balaban J connectivity index is 2.05. The van der Waals surface area contributed by atoms with Gasteiger partial charge in [0.25, 0.3) is 0 Å². The summed E-state index contributed by atoms with van der Waals surface area (Å²) in [7, 11) is 0. The molecule has 0 spiro atoms. The molecule has 1 aliphatic heterocycles. The average Bonchev–Trinajstić information content (AvgIpc) is 2.33. The first kappa shape index (κ1) is 14.9. The highest BCUT2D eigenvalue weighted by Gasteiger charge is 2.28. The minimum absolute atomic E-state index is 0.0729. The molecule has 0 aromatic heterocycles. The Morgan fingerprint density at radius 2 is 2.06 bits per heavy atom. The van der Waals surface area contributed by atoms with Crippen LogP contribution in [0.1, 0.15) is 32.6 Å². The molecule has 0 aliphatic carbocycles. The fraction of sp³-hybridized carbons (Fsp3) is 1.00. The molecule has 17 heavy (non-hydrogen) atoms. The molecular weight excluding hydrogens is 224 g/mol. The topological polar surface area (TPSA) is 68.2 Å². The molecule has 1 aliphatic rings. The van der Waals surface area contributed by atoms with E-state index in [2.05, 4.69) is 6.92 Å². The summed E-state index contributed by atoms with van der Waals surface area (Å²) in [6.45, 7) is 4.02. The van der Waals surface area contributed by atoms with Crippen LogP contribution >= 0.6 is 0 Å². The number of aliphatic hydroxyl groups is 2. The maximum Gasteiger partial charge on any atom is 0.160 e. The molecule has 1 heterocycles. The van der Waals surface area contributed by atoms with Crippen LogP contribution in [0.15, 0.2) is 0 Å². The fourth-order valence-corrected chi connectivity index (χ4v) is 1.79. The van der Waals surface area contributed by atoms with Crippen LogP contribution in [0.2, 0.25) is 0 Å². The van der Waals surface area contributed by atoms with E-state index in [9.17, 15) is 5.11 Å². The van der Waals surface area contributed by atoms with E-state index in [1.807, 2.05) is 0 Å². The molecule has 2 N–H and O–H groups in total. The zero-order valence-corrected chi connectivity index (χ0v) is 10.5. The highest BCUT2D eigenvalue weighted by molar-refractivity contribution is 4.72. The lowest BCUT2D eigenvalue weighted by atomic mass is 10.1. The normalized spacial score (nSPS) is 29.5. The molecule has 102 valence electrons. The van der Waals surface area contributed by atoms with Gasteiger partial charge in [-0.25, -0.2) is 0 Å². The van der Waals surface area contributed by atoms with Gasteiger partial charge < -0.3 is 24.4 Å². The van der Waals surface area contributed by atoms with Gasteiger partial charge in [0.1, 0.15) is 0 Å². The van der Waals surface area contributed by atoms with Gasteiger partial charge in [-0.2, -0.15) is 0 Å². The van der Waals surface area contributed by atoms with Gasteiger partial charge in [-0.3, -0.25) is 0 Å². The van der Waals surface area contributed by atoms with Crippen molar-refractivity contribution >= 4 is 0 Å². The van der Waals surface area contributed by atoms with Gasteiger partial charge in [-0.1, -0.05) is 6.92 Å². The fourth-order valence-electron chi connectivity index (χ4n) is 1.79. The molecule has 0 aromatic carbocycles. The van der Waals surface area contributed by atoms with Gasteiger partial charge >= 0.3 is 0 Å². The van der Waals surface area contributed by atoms with Crippen LogP contribution in [0.5, 0.6) is 0 Å². The van der Waals surface area contributed by atoms with Crippen LogP contribution < -0.4 is 0 Å². The summed E-state index contributed by atoms with van der Waals surface area (Å²) in [6.07, 6.45) is 1.66. The van der Waals surface area contributed by atoms with E-state index in [1.165, 1.54) is 0 Å². The quantitative estimate of drug-likeness (QED) is 0.618. The molecule has 2 unspecified atom stereocenters. The van der Waals surface area contributed by atoms with Crippen molar-refractivity contribution in [3.8, 4) is 0 Å². The van der Waals surface area contributed by atoms with E-state index in [1.54, 1.807) is 0 Å². The van der Waals surface area contributed by atoms with Crippen molar-refractivity contribution in [2.45, 2.75) is 51.1 Å². The van der Waals surface area contributed by atoms with Crippen molar-refractivity contribution in [2.75, 3.05) is 26.4 Å². The zero-order chi connectivity index (χ0) is 12.5. The van der Waals surface area contributed by atoms with Crippen LogP contribution in [0.4, 0.5) is 0 Å². The second-order valence-corrected chi connectivity index (χ2v) is 4.33. The Morgan fingerprint density at radius 1 is 1.24 bits per heavy atom. The van der Waals surface area contributed by atoms with Gasteiger partial charge in [0.2, 0.25) is 0 Å². The summed E-state index contributed by atoms with van der Waals surface area (Å²) in [5, 5.41) is 18.5. The molecule has 3 atom stereocenters. The molecule has 1 saturated heterocycles. The predicted octanol–water partition coefficient (Wildman–Crippen LogP) is 0.678. The molecule has 1 fully saturated rings. The number of rotatable bonds is 8. The summed E-state index contributed by atoms with van der Waals surface area (Å²) >= 11 is 0. The first-order valence-corrected chi connectivity index (χ1v) is 6.40. The summed E-state index contributed by atoms with van der Waals surface area (Å²) < 4.78 is 16.3. The van der Waals surface area contributed by atoms with Crippen LogP contribution in [0, 0.1) is 0 Å². The Labute approximate surface area is 103 Å². The highest BCUT2D eigenvalue weighted by atomic mass is 16.7. The van der Waals surface area contributed by atoms with E-state index in [-0.39, 0.29) is 12.7 Å². The minimum atomic E-state index is -0.442. The van der Waals surface area contributed by atoms with Gasteiger partial charge in [0, 0.05) is 26.1 Å². The van der Waals surface area contributed by atoms with Gasteiger partial charge in [-0.05, 0) is 12.8 Å². The smallest absolute Gasteiger partial charge is 0.160 e. The number of ether oxygens (including phenoxy) is 3. The third kappa shape index (κ3) is 6.33. The Kier molecular flexibility index (Phi) is 7.72. The van der Waals surface area contributed by atoms with Crippen LogP contribution in [-0.4, -0.2) is 55.1 Å². The van der Waals surface area contributed by atoms with Crippen molar-refractivity contribution in [3.05, 3.63) is 0 Å². The van der Waals surface area contributed by atoms with Crippen molar-refractivity contribution in [2.24, 2.45) is 0 Å². The van der Waals surface area contributed by atoms with Crippen molar-refractivity contribution in [1.82, 2.24) is 0 Å². The minimum Gasteiger partial charge on any atom is -0.394 e. The predicted molar refractivity (Wildman–Crippen MR) is 62.7 cm³/mol. The monoisotopic (exact) mass is 248 g/mol. The Morgan fingerprint density at radius 3 is 2.76 bits per heavy atom. The summed E-state index contributed by atoms with van der Waals surface area (Å²) in [5.74, 6) is 0. The first-order chi connectivity index (χ1) is 8.26. The molecule has 0 saturated carbocycles. The van der Waals surface area contributed by atoms with E-state index >= 15 is 0 Å². The largest absolute Gasteiger partial charge is 0.394 e. The van der Waals surface area contributed by atoms with Crippen molar-refractivity contribution < 1.29 is 24.4 Å². The first-order valence-electron chi connectivity index (χ1n) is 6.40. The lowest BCUT2D eigenvalue weighted by Gasteiger charge is -2.32. The highest BCUT2D eigenvalue weighted by Crippen LogP contribution is 2.20. The molecule has 5 nitrogen and oxygen atoms in total. The van der Waals surface area contributed by atoms with E-state index in [0.717, 1.165) is 19.4 Å². The third-order valence-electron chi connectivity index (χ3n) is 2.63. The molecule has 0 bridgehead atoms. The molecule has 1 rings (SSSR count). The average molecular weight is 248 g/mol. The van der Waals surface area contributed by atoms with Gasteiger partial charge in [0.05, 0.1) is 25.4 Å². The standard InChI is InChI=1S/C12H24O5/c1-2-4-15-5-3-6-16-12-8-10(14)7-11(9-13)17-12/h10-14H,2-9H2,1H3/t10-,11?,12?/m0/s1. The maximum atomic E-state index is 9.56. The van der Waals surface area contributed by atoms with Crippen LogP contribution in [0.3, 0.4) is 0 Å². The van der Waals surface area contributed by atoms with E-state index < -0.39 is 12.4 Å². The van der Waals surface area contributed by atoms with Crippen LogP contribution in [0.25, 0.3) is 0 Å². The Bertz CT molecular complexity index is 188. The second kappa shape index (κ2) is 8.83. The molecule has 0 radical (unpaired) electrons. The second-order valence-electron chi connectivity index (χ2n) is 4.33. The summed E-state index contributed by atoms with van der Waals surface area (Å²) in [6, 6.07) is 0. The number of aliphatic hydroxyl groups excluding tert-OH is 2. The van der Waals surface area contributed by atoms with Gasteiger partial charge in [-0.15, -0.1) is 0 Å². The third-order valence-corrected chi connectivity index (χ3v) is 2.63. The lowest BCUT2D eigenvalue weighted by Crippen LogP contribution is -2.39. The molecule has 0 amide bonds. The van der Waals surface area contributed by atoms with E-state index in [4.69, 9.17) is 19.3 Å². The number of hydrogen-bond donors (Lipinski definition) is 2. The van der Waals surface area contributed by atoms with Crippen molar-refractivity contribution in [3.63, 3.8) is 0 Å². The van der Waals surface area contributed by atoms with E-state index in [0.29, 0.717) is 26.1 Å². The maximum absolute atomic E-state index is 9.56. The summed E-state index contributed by atoms with van der Waals surface area (Å²) in [5.41, 5.74) is 0. The van der Waals surface area contributed by atoms with Gasteiger partial charge in [0.15, 0.2) is 6.29 Å². The molecule has 0 aromatic rings. The lowest BCUT2D eigenvalue weighted by molar-refractivity contribution is -0.222. The number of hydrogen-bond acceptors (Lipinski definition) is 5. The summed E-state index contributed by atoms with van der Waals surface area (Å²) in [4.78, 5) is 0. The molecular formula is C12H24O5. The van der Waals surface area contributed by atoms with Crippen molar-refractivity contribution in [1.29, 1.82) is 0 Å². The zero-order valence-electron chi connectivity index (χ0n) is 10.5. The Hall–Kier alpha value is -0.200. The SMILES string of the molecule is CCCOCCCOC1C[C@@H](O)CC(CO)O1. The van der Waals surface area contributed by atoms with Crippen LogP contribution in [-0.2, 0) is 14.2 Å². The molecule has 5 heteroatoms.